The van der Waals surface area contributed by atoms with Crippen LogP contribution in [0.1, 0.15) is 44.7 Å². The first-order valence-electron chi connectivity index (χ1n) is 10.1. The van der Waals surface area contributed by atoms with Crippen molar-refractivity contribution >= 4 is 12.1 Å². The Bertz CT molecular complexity index is 640. The van der Waals surface area contributed by atoms with E-state index < -0.39 is 0 Å². The molecule has 1 saturated heterocycles. The smallest absolute Gasteiger partial charge is 0.409 e. The summed E-state index contributed by atoms with van der Waals surface area (Å²) in [4.78, 5) is 17.9. The minimum Gasteiger partial charge on any atom is -0.450 e. The Morgan fingerprint density at radius 2 is 2.00 bits per heavy atom. The summed E-state index contributed by atoms with van der Waals surface area (Å²) in [6, 6.07) is 8.67. The largest absolute Gasteiger partial charge is 0.450 e. The lowest BCUT2D eigenvalue weighted by atomic mass is 10.1. The predicted molar refractivity (Wildman–Crippen MR) is 111 cm³/mol. The molecule has 156 valence electrons. The molecule has 1 fully saturated rings. The number of guanidine groups is 1. The zero-order valence-corrected chi connectivity index (χ0v) is 17.5. The number of carbonyl (C=O) groups is 1. The van der Waals surface area contributed by atoms with Gasteiger partial charge in [-0.15, -0.1) is 0 Å². The van der Waals surface area contributed by atoms with Gasteiger partial charge in [0.05, 0.1) is 19.3 Å². The van der Waals surface area contributed by atoms with Crippen molar-refractivity contribution in [2.75, 3.05) is 26.7 Å². The van der Waals surface area contributed by atoms with E-state index >= 15 is 0 Å². The lowest BCUT2D eigenvalue weighted by Crippen LogP contribution is -2.49. The maximum absolute atomic E-state index is 11.8. The molecule has 0 saturated carbocycles. The van der Waals surface area contributed by atoms with Gasteiger partial charge in [0.2, 0.25) is 0 Å². The van der Waals surface area contributed by atoms with Crippen LogP contribution >= 0.6 is 0 Å². The normalized spacial score (nSPS) is 15.6. The minimum atomic E-state index is -0.218. The van der Waals surface area contributed by atoms with Crippen molar-refractivity contribution in [3.8, 4) is 0 Å². The molecule has 0 unspecified atom stereocenters. The second-order valence-corrected chi connectivity index (χ2v) is 7.21. The average Bonchev–Trinajstić information content (AvgIpc) is 2.70. The van der Waals surface area contributed by atoms with Gasteiger partial charge in [0.15, 0.2) is 5.96 Å². The average molecular weight is 391 g/mol. The summed E-state index contributed by atoms with van der Waals surface area (Å²) in [5, 5.41) is 6.83. The first-order chi connectivity index (χ1) is 13.5. The fraction of sp³-hybridized carbons (Fsp3) is 0.619. The Kier molecular flexibility index (Phi) is 9.07. The topological polar surface area (TPSA) is 75.2 Å². The van der Waals surface area contributed by atoms with Crippen LogP contribution in [0.25, 0.3) is 0 Å². The highest BCUT2D eigenvalue weighted by Crippen LogP contribution is 2.12. The summed E-state index contributed by atoms with van der Waals surface area (Å²) in [5.41, 5.74) is 2.35. The van der Waals surface area contributed by atoms with Crippen molar-refractivity contribution in [3.05, 3.63) is 35.4 Å². The monoisotopic (exact) mass is 390 g/mol. The Morgan fingerprint density at radius 3 is 2.64 bits per heavy atom. The molecular weight excluding hydrogens is 356 g/mol. The number of aliphatic imine (C=N–C) groups is 1. The van der Waals surface area contributed by atoms with Gasteiger partial charge in [0, 0.05) is 32.7 Å². The SMILES string of the molecule is CCOC(=O)N1CCC(NC(=NC)NCc2cccc(COC(C)C)c2)CC1. The van der Waals surface area contributed by atoms with Crippen molar-refractivity contribution in [1.29, 1.82) is 0 Å². The fourth-order valence-corrected chi connectivity index (χ4v) is 3.09. The molecule has 1 aliphatic heterocycles. The first-order valence-corrected chi connectivity index (χ1v) is 10.1. The highest BCUT2D eigenvalue weighted by molar-refractivity contribution is 5.80. The molecule has 1 aromatic carbocycles. The summed E-state index contributed by atoms with van der Waals surface area (Å²) < 4.78 is 10.7. The van der Waals surface area contributed by atoms with E-state index in [9.17, 15) is 4.79 Å². The summed E-state index contributed by atoms with van der Waals surface area (Å²) in [6.07, 6.45) is 1.76. The molecule has 2 N–H and O–H groups in total. The summed E-state index contributed by atoms with van der Waals surface area (Å²) in [5.74, 6) is 0.776. The molecule has 1 amide bonds. The highest BCUT2D eigenvalue weighted by Gasteiger charge is 2.23. The van der Waals surface area contributed by atoms with Crippen molar-refractivity contribution in [2.24, 2.45) is 4.99 Å². The van der Waals surface area contributed by atoms with E-state index in [1.807, 2.05) is 20.8 Å². The van der Waals surface area contributed by atoms with Gasteiger partial charge >= 0.3 is 6.09 Å². The minimum absolute atomic E-state index is 0.218. The molecule has 0 atom stereocenters. The predicted octanol–water partition coefficient (Wildman–Crippen LogP) is 2.90. The third-order valence-corrected chi connectivity index (χ3v) is 4.62. The third kappa shape index (κ3) is 7.38. The number of likely N-dealkylation sites (tertiary alicyclic amines) is 1. The van der Waals surface area contributed by atoms with Crippen molar-refractivity contribution in [2.45, 2.75) is 58.9 Å². The van der Waals surface area contributed by atoms with Crippen LogP contribution in [0.4, 0.5) is 4.79 Å². The number of nitrogens with zero attached hydrogens (tertiary/aromatic N) is 2. The van der Waals surface area contributed by atoms with Gasteiger partial charge in [-0.3, -0.25) is 4.99 Å². The lowest BCUT2D eigenvalue weighted by molar-refractivity contribution is 0.0657. The van der Waals surface area contributed by atoms with Crippen LogP contribution in [0.15, 0.2) is 29.3 Å². The number of ether oxygens (including phenoxy) is 2. The van der Waals surface area contributed by atoms with Crippen molar-refractivity contribution in [3.63, 3.8) is 0 Å². The van der Waals surface area contributed by atoms with E-state index in [0.717, 1.165) is 18.8 Å². The van der Waals surface area contributed by atoms with Crippen LogP contribution in [-0.2, 0) is 22.6 Å². The maximum atomic E-state index is 11.8. The number of rotatable bonds is 7. The van der Waals surface area contributed by atoms with Crippen molar-refractivity contribution in [1.82, 2.24) is 15.5 Å². The van der Waals surface area contributed by atoms with Crippen LogP contribution in [0.5, 0.6) is 0 Å². The Morgan fingerprint density at radius 1 is 1.29 bits per heavy atom. The second kappa shape index (κ2) is 11.5. The quantitative estimate of drug-likeness (QED) is 0.553. The van der Waals surface area contributed by atoms with Crippen LogP contribution < -0.4 is 10.6 Å². The molecule has 2 rings (SSSR count). The van der Waals surface area contributed by atoms with Crippen LogP contribution in [0.3, 0.4) is 0 Å². The first kappa shape index (κ1) is 22.0. The number of hydrogen-bond donors (Lipinski definition) is 2. The van der Waals surface area contributed by atoms with E-state index in [0.29, 0.717) is 38.9 Å². The lowest BCUT2D eigenvalue weighted by Gasteiger charge is -2.32. The number of amides is 1. The highest BCUT2D eigenvalue weighted by atomic mass is 16.6. The molecule has 0 aliphatic carbocycles. The molecule has 1 aromatic rings. The standard InChI is InChI=1S/C21H34N4O3/c1-5-27-21(26)25-11-9-19(10-12-25)24-20(22-4)23-14-17-7-6-8-18(13-17)15-28-16(2)3/h6-8,13,16,19H,5,9-12,14-15H2,1-4H3,(H2,22,23,24). The number of carbonyl (C=O) groups excluding carboxylic acids is 1. The van der Waals surface area contributed by atoms with Gasteiger partial charge in [-0.25, -0.2) is 4.79 Å². The van der Waals surface area contributed by atoms with Crippen LogP contribution in [0, 0.1) is 0 Å². The number of nitrogens with one attached hydrogen (secondary N) is 2. The van der Waals surface area contributed by atoms with E-state index in [1.165, 1.54) is 11.1 Å². The van der Waals surface area contributed by atoms with Crippen LogP contribution in [0.2, 0.25) is 0 Å². The molecule has 28 heavy (non-hydrogen) atoms. The molecular formula is C21H34N4O3. The maximum Gasteiger partial charge on any atom is 0.409 e. The van der Waals surface area contributed by atoms with Gasteiger partial charge in [-0.05, 0) is 44.7 Å². The summed E-state index contributed by atoms with van der Waals surface area (Å²) >= 11 is 0. The zero-order valence-electron chi connectivity index (χ0n) is 17.5. The summed E-state index contributed by atoms with van der Waals surface area (Å²) in [6.45, 7) is 9.04. The molecule has 0 aromatic heterocycles. The van der Waals surface area contributed by atoms with Crippen LogP contribution in [-0.4, -0.2) is 55.8 Å². The Hall–Kier alpha value is -2.28. The molecule has 1 aliphatic rings. The van der Waals surface area contributed by atoms with E-state index in [1.54, 1.807) is 11.9 Å². The fourth-order valence-electron chi connectivity index (χ4n) is 3.09. The van der Waals surface area contributed by atoms with Gasteiger partial charge in [-0.1, -0.05) is 24.3 Å². The molecule has 7 heteroatoms. The number of benzene rings is 1. The molecule has 0 spiro atoms. The van der Waals surface area contributed by atoms with E-state index in [-0.39, 0.29) is 12.2 Å². The number of hydrogen-bond acceptors (Lipinski definition) is 4. The Labute approximate surface area is 168 Å². The zero-order chi connectivity index (χ0) is 20.4. The van der Waals surface area contributed by atoms with E-state index in [4.69, 9.17) is 9.47 Å². The van der Waals surface area contributed by atoms with Gasteiger partial charge in [0.1, 0.15) is 0 Å². The number of piperidine rings is 1. The molecule has 1 heterocycles. The van der Waals surface area contributed by atoms with Gasteiger partial charge in [0.25, 0.3) is 0 Å². The third-order valence-electron chi connectivity index (χ3n) is 4.62. The van der Waals surface area contributed by atoms with E-state index in [2.05, 4.69) is 39.9 Å². The summed E-state index contributed by atoms with van der Waals surface area (Å²) in [7, 11) is 1.77. The second-order valence-electron chi connectivity index (χ2n) is 7.21. The van der Waals surface area contributed by atoms with Gasteiger partial charge in [-0.2, -0.15) is 0 Å². The Balaban J connectivity index is 1.78. The molecule has 7 nitrogen and oxygen atoms in total. The molecule has 0 bridgehead atoms. The van der Waals surface area contributed by atoms with Crippen molar-refractivity contribution < 1.29 is 14.3 Å². The van der Waals surface area contributed by atoms with Gasteiger partial charge < -0.3 is 25.0 Å². The molecule has 0 radical (unpaired) electrons.